The molecule has 0 saturated carbocycles. The monoisotopic (exact) mass is 354 g/mol. The van der Waals surface area contributed by atoms with Crippen LogP contribution in [0.25, 0.3) is 11.1 Å². The quantitative estimate of drug-likeness (QED) is 0.832. The number of carbonyl (C=O) groups is 2. The van der Waals surface area contributed by atoms with E-state index in [9.17, 15) is 14.7 Å². The van der Waals surface area contributed by atoms with Gasteiger partial charge in [0.25, 0.3) is 0 Å². The molecule has 3 rings (SSSR count). The Balaban J connectivity index is 1.73. The number of pyridine rings is 1. The molecular weight excluding hydrogens is 332 g/mol. The molecule has 0 bridgehead atoms. The summed E-state index contributed by atoms with van der Waals surface area (Å²) in [6.45, 7) is 2.82. The first-order valence-electron chi connectivity index (χ1n) is 8.45. The fourth-order valence-corrected chi connectivity index (χ4v) is 3.21. The van der Waals surface area contributed by atoms with E-state index in [1.54, 1.807) is 24.4 Å². The summed E-state index contributed by atoms with van der Waals surface area (Å²) in [5.74, 6) is -1.27. The number of carboxylic acid groups (broad SMARTS) is 1. The van der Waals surface area contributed by atoms with Gasteiger partial charge < -0.3 is 10.8 Å². The van der Waals surface area contributed by atoms with Crippen LogP contribution >= 0.6 is 0 Å². The lowest BCUT2D eigenvalue weighted by Gasteiger charge is -2.37. The predicted molar refractivity (Wildman–Crippen MR) is 97.5 cm³/mol. The molecule has 2 aromatic rings. The van der Waals surface area contributed by atoms with Gasteiger partial charge >= 0.3 is 5.97 Å². The topological polar surface area (TPSA) is 99.8 Å². The normalized spacial score (nSPS) is 18.6. The van der Waals surface area contributed by atoms with Gasteiger partial charge in [-0.1, -0.05) is 24.3 Å². The van der Waals surface area contributed by atoms with Crippen molar-refractivity contribution in [3.05, 3.63) is 53.9 Å². The molecule has 1 aromatic carbocycles. The van der Waals surface area contributed by atoms with Crippen molar-refractivity contribution in [1.82, 2.24) is 14.8 Å². The molecule has 1 aromatic heterocycles. The van der Waals surface area contributed by atoms with Crippen molar-refractivity contribution in [2.45, 2.75) is 12.6 Å². The minimum atomic E-state index is -0.959. The van der Waals surface area contributed by atoms with Crippen molar-refractivity contribution >= 4 is 11.9 Å². The van der Waals surface area contributed by atoms with Crippen LogP contribution < -0.4 is 5.73 Å². The van der Waals surface area contributed by atoms with E-state index in [-0.39, 0.29) is 17.5 Å². The first kappa shape index (κ1) is 18.0. The van der Waals surface area contributed by atoms with Crippen LogP contribution in [-0.4, -0.2) is 64.5 Å². The van der Waals surface area contributed by atoms with Crippen LogP contribution in [0.1, 0.15) is 16.1 Å². The van der Waals surface area contributed by atoms with E-state index in [0.29, 0.717) is 18.7 Å². The lowest BCUT2D eigenvalue weighted by Crippen LogP contribution is -2.56. The second-order valence-electron chi connectivity index (χ2n) is 6.52. The van der Waals surface area contributed by atoms with Gasteiger partial charge in [0.1, 0.15) is 6.04 Å². The van der Waals surface area contributed by atoms with Crippen molar-refractivity contribution in [3.8, 4) is 11.1 Å². The molecule has 0 spiro atoms. The lowest BCUT2D eigenvalue weighted by molar-refractivity contribution is -0.125. The molecule has 2 heterocycles. The van der Waals surface area contributed by atoms with Crippen molar-refractivity contribution in [1.29, 1.82) is 0 Å². The van der Waals surface area contributed by atoms with Gasteiger partial charge in [-0.2, -0.15) is 0 Å². The number of nitrogens with two attached hydrogens (primary N) is 1. The maximum Gasteiger partial charge on any atom is 0.336 e. The Morgan fingerprint density at radius 2 is 2.00 bits per heavy atom. The van der Waals surface area contributed by atoms with Gasteiger partial charge in [-0.15, -0.1) is 0 Å². The number of carboxylic acids is 1. The Hall–Kier alpha value is -2.77. The molecule has 7 heteroatoms. The van der Waals surface area contributed by atoms with Crippen LogP contribution in [0, 0.1) is 0 Å². The number of aromatic nitrogens is 1. The number of rotatable bonds is 5. The zero-order valence-electron chi connectivity index (χ0n) is 14.6. The summed E-state index contributed by atoms with van der Waals surface area (Å²) >= 11 is 0. The van der Waals surface area contributed by atoms with Gasteiger partial charge in [0.2, 0.25) is 5.91 Å². The third kappa shape index (κ3) is 3.89. The van der Waals surface area contributed by atoms with E-state index in [1.807, 2.05) is 30.1 Å². The van der Waals surface area contributed by atoms with Gasteiger partial charge in [0, 0.05) is 37.9 Å². The third-order valence-corrected chi connectivity index (χ3v) is 4.74. The molecule has 1 atom stereocenters. The minimum absolute atomic E-state index is 0.255. The van der Waals surface area contributed by atoms with Crippen molar-refractivity contribution in [3.63, 3.8) is 0 Å². The van der Waals surface area contributed by atoms with Gasteiger partial charge in [0.15, 0.2) is 0 Å². The Kier molecular flexibility index (Phi) is 5.29. The van der Waals surface area contributed by atoms with Crippen molar-refractivity contribution < 1.29 is 14.7 Å². The molecule has 1 aliphatic heterocycles. The summed E-state index contributed by atoms with van der Waals surface area (Å²) in [7, 11) is 1.90. The maximum atomic E-state index is 11.5. The molecular formula is C19H22N4O3. The lowest BCUT2D eigenvalue weighted by atomic mass is 10.0. The number of primary amides is 1. The largest absolute Gasteiger partial charge is 0.478 e. The fourth-order valence-electron chi connectivity index (χ4n) is 3.21. The number of nitrogens with zero attached hydrogens (tertiary/aromatic N) is 3. The standard InChI is InChI=1S/C19H22N4O3/c1-22-8-9-23(12-17(22)18(20)24)11-14-7-6-13(10-21-14)15-4-2-3-5-16(15)19(25)26/h2-7,10,17H,8-9,11-12H2,1H3,(H2,20,24)(H,25,26)/t17-/m1/s1. The van der Waals surface area contributed by atoms with Gasteiger partial charge in [-0.25, -0.2) is 4.79 Å². The summed E-state index contributed by atoms with van der Waals surface area (Å²) in [6.07, 6.45) is 1.69. The number of amides is 1. The number of aromatic carboxylic acids is 1. The Labute approximate surface area is 152 Å². The second kappa shape index (κ2) is 7.63. The molecule has 0 radical (unpaired) electrons. The highest BCUT2D eigenvalue weighted by molar-refractivity contribution is 5.95. The van der Waals surface area contributed by atoms with Crippen LogP contribution in [0.15, 0.2) is 42.6 Å². The number of piperazine rings is 1. The molecule has 7 nitrogen and oxygen atoms in total. The van der Waals surface area contributed by atoms with Crippen LogP contribution in [0.5, 0.6) is 0 Å². The molecule has 1 fully saturated rings. The van der Waals surface area contributed by atoms with Crippen LogP contribution in [-0.2, 0) is 11.3 Å². The van der Waals surface area contributed by atoms with Crippen molar-refractivity contribution in [2.75, 3.05) is 26.7 Å². The zero-order chi connectivity index (χ0) is 18.7. The first-order chi connectivity index (χ1) is 12.5. The van der Waals surface area contributed by atoms with Crippen LogP contribution in [0.2, 0.25) is 0 Å². The molecule has 0 unspecified atom stereocenters. The fraction of sp³-hybridized carbons (Fsp3) is 0.316. The second-order valence-corrected chi connectivity index (χ2v) is 6.52. The Morgan fingerprint density at radius 1 is 1.23 bits per heavy atom. The molecule has 1 amide bonds. The van der Waals surface area contributed by atoms with E-state index < -0.39 is 5.97 Å². The predicted octanol–water partition coefficient (Wildman–Crippen LogP) is 1.05. The number of likely N-dealkylation sites (N-methyl/N-ethyl adjacent to an activating group) is 1. The highest BCUT2D eigenvalue weighted by Crippen LogP contribution is 2.23. The van der Waals surface area contributed by atoms with Gasteiger partial charge in [0.05, 0.1) is 11.3 Å². The summed E-state index contributed by atoms with van der Waals surface area (Å²) < 4.78 is 0. The molecule has 0 aliphatic carbocycles. The maximum absolute atomic E-state index is 11.5. The third-order valence-electron chi connectivity index (χ3n) is 4.74. The zero-order valence-corrected chi connectivity index (χ0v) is 14.6. The molecule has 1 aliphatic rings. The highest BCUT2D eigenvalue weighted by atomic mass is 16.4. The summed E-state index contributed by atoms with van der Waals surface area (Å²) in [6, 6.07) is 10.4. The molecule has 136 valence electrons. The minimum Gasteiger partial charge on any atom is -0.478 e. The average Bonchev–Trinajstić information content (AvgIpc) is 2.63. The Morgan fingerprint density at radius 3 is 2.65 bits per heavy atom. The molecule has 26 heavy (non-hydrogen) atoms. The van der Waals surface area contributed by atoms with Gasteiger partial charge in [-0.05, 0) is 24.7 Å². The number of benzene rings is 1. The molecule has 1 saturated heterocycles. The first-order valence-corrected chi connectivity index (χ1v) is 8.45. The summed E-state index contributed by atoms with van der Waals surface area (Å²) in [5, 5.41) is 9.32. The average molecular weight is 354 g/mol. The van der Waals surface area contributed by atoms with Crippen LogP contribution in [0.3, 0.4) is 0 Å². The van der Waals surface area contributed by atoms with E-state index in [0.717, 1.165) is 24.3 Å². The van der Waals surface area contributed by atoms with Crippen molar-refractivity contribution in [2.24, 2.45) is 5.73 Å². The van der Waals surface area contributed by atoms with E-state index >= 15 is 0 Å². The van der Waals surface area contributed by atoms with E-state index in [1.165, 1.54) is 0 Å². The van der Waals surface area contributed by atoms with Crippen LogP contribution in [0.4, 0.5) is 0 Å². The van der Waals surface area contributed by atoms with Gasteiger partial charge in [-0.3, -0.25) is 19.6 Å². The van der Waals surface area contributed by atoms with E-state index in [2.05, 4.69) is 9.88 Å². The van der Waals surface area contributed by atoms with E-state index in [4.69, 9.17) is 5.73 Å². The number of hydrogen-bond donors (Lipinski definition) is 2. The number of hydrogen-bond acceptors (Lipinski definition) is 5. The molecule has 3 N–H and O–H groups in total. The Bertz CT molecular complexity index is 807. The smallest absolute Gasteiger partial charge is 0.336 e. The number of carbonyl (C=O) groups excluding carboxylic acids is 1. The summed E-state index contributed by atoms with van der Waals surface area (Å²) in [4.78, 5) is 31.5. The summed E-state index contributed by atoms with van der Waals surface area (Å²) in [5.41, 5.74) is 8.00. The SMILES string of the molecule is CN1CCN(Cc2ccc(-c3ccccc3C(=O)O)cn2)C[C@@H]1C(N)=O. The highest BCUT2D eigenvalue weighted by Gasteiger charge is 2.28.